The van der Waals surface area contributed by atoms with E-state index in [0.29, 0.717) is 0 Å². The van der Waals surface area contributed by atoms with E-state index in [1.807, 2.05) is 0 Å². The Bertz CT molecular complexity index is 91.6. The van der Waals surface area contributed by atoms with Crippen LogP contribution in [0, 0.1) is 0 Å². The van der Waals surface area contributed by atoms with Gasteiger partial charge in [-0.15, -0.1) is 5.70 Å². The zero-order chi connectivity index (χ0) is 8.36. The van der Waals surface area contributed by atoms with E-state index in [-0.39, 0.29) is 0 Å². The second kappa shape index (κ2) is 9.92. The van der Waals surface area contributed by atoms with Crippen LogP contribution in [0.4, 0.5) is 0 Å². The smallest absolute Gasteiger partial charge is 0.104 e. The normalized spacial score (nSPS) is 11.1. The van der Waals surface area contributed by atoms with Crippen molar-refractivity contribution in [3.05, 3.63) is 11.8 Å². The van der Waals surface area contributed by atoms with Gasteiger partial charge < -0.3 is 4.74 Å². The van der Waals surface area contributed by atoms with Crippen molar-refractivity contribution < 1.29 is 4.74 Å². The van der Waals surface area contributed by atoms with Crippen LogP contribution in [0.5, 0.6) is 0 Å². The van der Waals surface area contributed by atoms with E-state index >= 15 is 0 Å². The molecule has 0 spiro atoms. The van der Waals surface area contributed by atoms with Crippen molar-refractivity contribution in [3.8, 4) is 0 Å². The minimum absolute atomic E-state index is 0.841. The van der Waals surface area contributed by atoms with Gasteiger partial charge in [-0.1, -0.05) is 25.8 Å². The van der Waals surface area contributed by atoms with Crippen molar-refractivity contribution in [1.29, 1.82) is 0 Å². The molecule has 2 heteroatoms. The Labute approximate surface area is 72.7 Å². The first-order chi connectivity index (χ1) is 5.41. The second-order valence-corrected chi connectivity index (χ2v) is 3.57. The third-order valence-electron chi connectivity index (χ3n) is 1.44. The van der Waals surface area contributed by atoms with E-state index in [9.17, 15) is 0 Å². The van der Waals surface area contributed by atoms with Crippen molar-refractivity contribution in [2.24, 2.45) is 0 Å². The maximum Gasteiger partial charge on any atom is 0.104 e. The molecule has 0 aliphatic rings. The van der Waals surface area contributed by atoms with Gasteiger partial charge in [0, 0.05) is 13.3 Å². The van der Waals surface area contributed by atoms with E-state index in [1.54, 1.807) is 7.11 Å². The topological polar surface area (TPSA) is 9.23 Å². The molecule has 0 rings (SSSR count). The SMILES string of the molecule is CCCCCC=C[Si]COC. The highest BCUT2D eigenvalue weighted by atomic mass is 28.2. The van der Waals surface area contributed by atoms with Crippen LogP contribution in [0.3, 0.4) is 0 Å². The highest BCUT2D eigenvalue weighted by Crippen LogP contribution is 1.98. The molecule has 0 saturated carbocycles. The van der Waals surface area contributed by atoms with Gasteiger partial charge in [-0.05, 0) is 12.8 Å². The van der Waals surface area contributed by atoms with Crippen LogP contribution in [-0.2, 0) is 4.74 Å². The molecule has 0 bridgehead atoms. The summed E-state index contributed by atoms with van der Waals surface area (Å²) < 4.78 is 4.93. The molecule has 0 saturated heterocycles. The molecule has 64 valence electrons. The lowest BCUT2D eigenvalue weighted by Crippen LogP contribution is -1.96. The van der Waals surface area contributed by atoms with Gasteiger partial charge in [-0.3, -0.25) is 0 Å². The molecule has 11 heavy (non-hydrogen) atoms. The first-order valence-electron chi connectivity index (χ1n) is 4.29. The molecule has 0 N–H and O–H groups in total. The van der Waals surface area contributed by atoms with Gasteiger partial charge in [0.25, 0.3) is 0 Å². The Balaban J connectivity index is 2.91. The highest BCUT2D eigenvalue weighted by Gasteiger charge is 1.82. The lowest BCUT2D eigenvalue weighted by Gasteiger charge is -1.91. The molecular formula is C9H18OSi. The average Bonchev–Trinajstić information content (AvgIpc) is 2.03. The second-order valence-electron chi connectivity index (χ2n) is 2.54. The van der Waals surface area contributed by atoms with Gasteiger partial charge in [0.15, 0.2) is 0 Å². The Morgan fingerprint density at radius 2 is 2.18 bits per heavy atom. The molecule has 2 radical (unpaired) electrons. The molecule has 0 fully saturated rings. The van der Waals surface area contributed by atoms with Crippen LogP contribution in [0.2, 0.25) is 0 Å². The molecule has 0 amide bonds. The van der Waals surface area contributed by atoms with Gasteiger partial charge in [0.1, 0.15) is 9.52 Å². The third-order valence-corrected chi connectivity index (χ3v) is 2.36. The summed E-state index contributed by atoms with van der Waals surface area (Å²) in [6.07, 6.45) is 8.40. The predicted octanol–water partition coefficient (Wildman–Crippen LogP) is 2.39. The van der Waals surface area contributed by atoms with Gasteiger partial charge in [-0.2, -0.15) is 0 Å². The van der Waals surface area contributed by atoms with E-state index in [1.165, 1.54) is 25.7 Å². The Hall–Kier alpha value is -0.0831. The van der Waals surface area contributed by atoms with Crippen molar-refractivity contribution in [2.75, 3.05) is 13.3 Å². The highest BCUT2D eigenvalue weighted by molar-refractivity contribution is 6.41. The number of ether oxygens (including phenoxy) is 1. The summed E-state index contributed by atoms with van der Waals surface area (Å²) in [4.78, 5) is 0. The zero-order valence-electron chi connectivity index (χ0n) is 7.60. The fourth-order valence-electron chi connectivity index (χ4n) is 0.810. The van der Waals surface area contributed by atoms with Crippen molar-refractivity contribution in [2.45, 2.75) is 32.6 Å². The molecule has 0 atom stereocenters. The Morgan fingerprint density at radius 1 is 1.36 bits per heavy atom. The summed E-state index contributed by atoms with van der Waals surface area (Å²) in [6, 6.07) is 0. The summed E-state index contributed by atoms with van der Waals surface area (Å²) in [5, 5.41) is 0. The van der Waals surface area contributed by atoms with Crippen LogP contribution in [-0.4, -0.2) is 22.9 Å². The maximum atomic E-state index is 4.93. The summed E-state index contributed by atoms with van der Waals surface area (Å²) >= 11 is 0. The lowest BCUT2D eigenvalue weighted by atomic mass is 10.2. The van der Waals surface area contributed by atoms with E-state index in [0.717, 1.165) is 15.7 Å². The van der Waals surface area contributed by atoms with Gasteiger partial charge in [0.05, 0.1) is 0 Å². The van der Waals surface area contributed by atoms with Crippen molar-refractivity contribution in [1.82, 2.24) is 0 Å². The van der Waals surface area contributed by atoms with Gasteiger partial charge >= 0.3 is 0 Å². The first kappa shape index (κ1) is 10.9. The quantitative estimate of drug-likeness (QED) is 0.421. The average molecular weight is 170 g/mol. The van der Waals surface area contributed by atoms with E-state index in [4.69, 9.17) is 4.74 Å². The van der Waals surface area contributed by atoms with Crippen molar-refractivity contribution in [3.63, 3.8) is 0 Å². The number of methoxy groups -OCH3 is 1. The largest absolute Gasteiger partial charge is 0.388 e. The molecule has 0 heterocycles. The van der Waals surface area contributed by atoms with Crippen LogP contribution in [0.25, 0.3) is 0 Å². The molecule has 0 aromatic heterocycles. The zero-order valence-corrected chi connectivity index (χ0v) is 8.60. The Kier molecular flexibility index (Phi) is 9.84. The van der Waals surface area contributed by atoms with Crippen LogP contribution < -0.4 is 0 Å². The fraction of sp³-hybridized carbons (Fsp3) is 0.778. The van der Waals surface area contributed by atoms with E-state index < -0.39 is 0 Å². The summed E-state index contributed by atoms with van der Waals surface area (Å²) in [5.41, 5.74) is 2.24. The minimum Gasteiger partial charge on any atom is -0.388 e. The third kappa shape index (κ3) is 9.92. The molecule has 0 aromatic rings. The molecule has 0 aliphatic heterocycles. The molecule has 0 aliphatic carbocycles. The fourth-order valence-corrected chi connectivity index (χ4v) is 1.41. The minimum atomic E-state index is 0.841. The van der Waals surface area contributed by atoms with Gasteiger partial charge in [-0.25, -0.2) is 0 Å². The van der Waals surface area contributed by atoms with Crippen LogP contribution >= 0.6 is 0 Å². The summed E-state index contributed by atoms with van der Waals surface area (Å²) in [7, 11) is 2.59. The van der Waals surface area contributed by atoms with Crippen LogP contribution in [0.15, 0.2) is 11.8 Å². The number of unbranched alkanes of at least 4 members (excludes halogenated alkanes) is 3. The number of hydrogen-bond donors (Lipinski definition) is 0. The number of hydrogen-bond acceptors (Lipinski definition) is 1. The molecule has 0 unspecified atom stereocenters. The lowest BCUT2D eigenvalue weighted by molar-refractivity contribution is 0.252. The summed E-state index contributed by atoms with van der Waals surface area (Å²) in [6.45, 7) is 2.23. The standard InChI is InChI=1S/C9H18OSi/c1-3-4-5-6-7-8-11-9-10-2/h7-8H,3-6,9H2,1-2H3. The van der Waals surface area contributed by atoms with Crippen molar-refractivity contribution >= 4 is 9.52 Å². The van der Waals surface area contributed by atoms with Gasteiger partial charge in [0.2, 0.25) is 0 Å². The first-order valence-corrected chi connectivity index (χ1v) is 5.57. The molecule has 1 nitrogen and oxygen atoms in total. The Morgan fingerprint density at radius 3 is 2.82 bits per heavy atom. The predicted molar refractivity (Wildman–Crippen MR) is 50.9 cm³/mol. The monoisotopic (exact) mass is 170 g/mol. The molecular weight excluding hydrogens is 152 g/mol. The summed E-state index contributed by atoms with van der Waals surface area (Å²) in [5.74, 6) is 0. The number of allylic oxidation sites excluding steroid dienone is 1. The van der Waals surface area contributed by atoms with Crippen LogP contribution in [0.1, 0.15) is 32.6 Å². The number of rotatable bonds is 7. The maximum absolute atomic E-state index is 4.93. The molecule has 0 aromatic carbocycles. The van der Waals surface area contributed by atoms with E-state index in [2.05, 4.69) is 18.7 Å².